The second-order valence-electron chi connectivity index (χ2n) is 37.2. The smallest absolute Gasteiger partial charge is 0.334 e. The van der Waals surface area contributed by atoms with Gasteiger partial charge < -0.3 is 74.5 Å². The highest BCUT2D eigenvalue weighted by atomic mass is 16.6. The molecule has 16 rings (SSSR count). The van der Waals surface area contributed by atoms with Crippen LogP contribution in [0.4, 0.5) is 0 Å². The highest BCUT2D eigenvalue weighted by Gasteiger charge is 2.51. The van der Waals surface area contributed by atoms with E-state index in [9.17, 15) is 38.4 Å². The van der Waals surface area contributed by atoms with Crippen molar-refractivity contribution in [2.45, 2.75) is 367 Å². The lowest BCUT2D eigenvalue weighted by Gasteiger charge is -2.41. The minimum absolute atomic E-state index is 0.103. The predicted octanol–water partition coefficient (Wildman–Crippen LogP) is 23.6. The third-order valence-electron chi connectivity index (χ3n) is 27.6. The molecule has 4 atom stereocenters. The Morgan fingerprint density at radius 2 is 0.515 bits per heavy atom. The summed E-state index contributed by atoms with van der Waals surface area (Å²) in [6, 6.07) is 14.8. The molecule has 0 spiro atoms. The van der Waals surface area contributed by atoms with Crippen molar-refractivity contribution in [3.05, 3.63) is 196 Å². The highest BCUT2D eigenvalue weighted by Crippen LogP contribution is 2.49. The van der Waals surface area contributed by atoms with Gasteiger partial charge in [-0.25, -0.2) is 38.4 Å². The first-order valence-electron chi connectivity index (χ1n) is 48.1. The van der Waals surface area contributed by atoms with Crippen molar-refractivity contribution in [2.75, 3.05) is 39.6 Å². The lowest BCUT2D eigenvalue weighted by molar-refractivity contribution is -0.177. The fraction of sp³-hybridized carbons (Fsp3) is 0.623. The first kappa shape index (κ1) is 104. The third-order valence-corrected chi connectivity index (χ3v) is 27.6. The Hall–Kier alpha value is -9.36. The number of hydrogen-bond donors (Lipinski definition) is 0. The molecule has 4 saturated heterocycles. The molecule has 0 radical (unpaired) electrons. The minimum atomic E-state index is -0.572. The molecule has 0 amide bonds. The molecule has 716 valence electrons. The Bertz CT molecular complexity index is 4100. The van der Waals surface area contributed by atoms with Gasteiger partial charge in [-0.05, 0) is 320 Å². The van der Waals surface area contributed by atoms with Gasteiger partial charge in [0.1, 0.15) is 45.4 Å². The molecule has 4 aromatic heterocycles. The molecule has 0 aromatic carbocycles. The van der Waals surface area contributed by atoms with Crippen LogP contribution in [0.15, 0.2) is 190 Å². The van der Waals surface area contributed by atoms with Crippen LogP contribution in [0.25, 0.3) is 0 Å². The lowest BCUT2D eigenvalue weighted by Crippen LogP contribution is -2.47. The van der Waals surface area contributed by atoms with Crippen LogP contribution in [-0.4, -0.2) is 122 Å². The molecule has 24 heteroatoms. The number of carbonyl (C=O) groups is 8. The fourth-order valence-electron chi connectivity index (χ4n) is 20.6. The van der Waals surface area contributed by atoms with Crippen molar-refractivity contribution >= 4 is 47.8 Å². The topological polar surface area (TPSA) is 300 Å². The highest BCUT2D eigenvalue weighted by molar-refractivity contribution is 5.89. The summed E-state index contributed by atoms with van der Waals surface area (Å²) in [5.74, 6) is 1.26. The standard InChI is InChI=1S/C14H22O3.C14H18O3.C14H22O3.C13H16O3.C13H20O3.C13H16O3.C13H20O3.C12H14O3/c2*1-11(2)13(15)17-14(8-4-3-5-9-14)12-7-6-10-16-12;1-11(2)13(15)17-14(7-4-3-5-8-14)12-6-9-16-10-12;1-10(2)12(14)16-13(7-3-4-8-13)11-6-5-9-15-11;2*1-2-12(14)16-13(8-4-3-5-9-13)11-7-6-10-15-11;1-2-12(14)16-13(7-4-3-5-8-13)11-6-9-15-10-11;1-2-11(13)15-12(7-3-4-8-12)10-6-5-9-14-10/h12H,1,3-10H2,2H3;6-7,10H,1,3-5,8-9H2,2H3;12H,1,3-10H2,2H3;5-6,9H,1,3-4,7-8H2,2H3;2,11H,1,3-10H2;2,6-7,10H,1,3-5,8-9H2;2,11H,1,3-10H2;2,5-6,9H,1,3-4,7-8H2. The molecule has 12 fully saturated rings. The monoisotopic (exact) mass is 1810 g/mol. The average Bonchev–Trinajstić information content (AvgIpc) is 1.77. The van der Waals surface area contributed by atoms with Crippen molar-refractivity contribution < 1.29 is 113 Å². The van der Waals surface area contributed by atoms with Gasteiger partial charge in [-0.15, -0.1) is 0 Å². The van der Waals surface area contributed by atoms with Gasteiger partial charge in [-0.1, -0.05) is 91.2 Å². The zero-order valence-corrected chi connectivity index (χ0v) is 78.4. The molecule has 130 heavy (non-hydrogen) atoms. The molecular weight excluding hydrogens is 1660 g/mol. The average molecular weight is 1810 g/mol. The van der Waals surface area contributed by atoms with Gasteiger partial charge in [0.15, 0.2) is 22.4 Å². The van der Waals surface area contributed by atoms with Crippen LogP contribution in [0, 0.1) is 11.8 Å². The van der Waals surface area contributed by atoms with Gasteiger partial charge in [0.2, 0.25) is 0 Å². The number of rotatable bonds is 24. The van der Waals surface area contributed by atoms with E-state index in [1.54, 1.807) is 52.7 Å². The Morgan fingerprint density at radius 1 is 0.285 bits per heavy atom. The van der Waals surface area contributed by atoms with Crippen molar-refractivity contribution in [3.8, 4) is 0 Å². The fourth-order valence-corrected chi connectivity index (χ4v) is 20.6. The number of esters is 8. The Balaban J connectivity index is 0.000000167. The van der Waals surface area contributed by atoms with Gasteiger partial charge >= 0.3 is 47.8 Å². The second-order valence-corrected chi connectivity index (χ2v) is 37.2. The van der Waals surface area contributed by atoms with Crippen LogP contribution in [0.5, 0.6) is 0 Å². The van der Waals surface area contributed by atoms with Gasteiger partial charge in [-0.3, -0.25) is 0 Å². The van der Waals surface area contributed by atoms with Crippen molar-refractivity contribution in [1.82, 2.24) is 0 Å². The van der Waals surface area contributed by atoms with Crippen LogP contribution in [-0.2, 0) is 118 Å². The molecule has 8 aliphatic carbocycles. The van der Waals surface area contributed by atoms with E-state index in [0.29, 0.717) is 34.1 Å². The van der Waals surface area contributed by atoms with E-state index in [2.05, 4.69) is 52.6 Å². The van der Waals surface area contributed by atoms with E-state index < -0.39 is 22.4 Å². The molecule has 8 saturated carbocycles. The maximum Gasteiger partial charge on any atom is 0.334 e. The number of hydrogen-bond acceptors (Lipinski definition) is 24. The summed E-state index contributed by atoms with van der Waals surface area (Å²) >= 11 is 0. The van der Waals surface area contributed by atoms with E-state index in [1.165, 1.54) is 62.8 Å². The maximum atomic E-state index is 11.8. The SMILES string of the molecule is C=C(C)C(=O)OC1(C2CCCO2)CCCCC1.C=C(C)C(=O)OC1(C2CCOC2)CCCCC1.C=C(C)C(=O)OC1(c2ccco2)CCCC1.C=C(C)C(=O)OC1(c2ccco2)CCCCC1.C=CC(=O)OC1(C2CCCO2)CCCCC1.C=CC(=O)OC1(C2CCOC2)CCCCC1.C=CC(=O)OC1(c2ccco2)CCCC1.C=CC(=O)OC1(c2ccco2)CCCCC1. The lowest BCUT2D eigenvalue weighted by atomic mass is 9.75. The summed E-state index contributed by atoms with van der Waals surface area (Å²) in [6.07, 6.45) is 57.2. The first-order valence-corrected chi connectivity index (χ1v) is 48.1. The van der Waals surface area contributed by atoms with Crippen LogP contribution >= 0.6 is 0 Å². The summed E-state index contributed by atoms with van der Waals surface area (Å²) in [5, 5.41) is 0. The second kappa shape index (κ2) is 51.6. The van der Waals surface area contributed by atoms with Gasteiger partial charge in [-0.2, -0.15) is 0 Å². The number of furan rings is 4. The van der Waals surface area contributed by atoms with Crippen LogP contribution in [0.2, 0.25) is 0 Å². The molecule has 24 nitrogen and oxygen atoms in total. The first-order chi connectivity index (χ1) is 62.6. The summed E-state index contributed by atoms with van der Waals surface area (Å²) in [7, 11) is 0. The normalized spacial score (nSPS) is 23.5. The Kier molecular flexibility index (Phi) is 41.4. The van der Waals surface area contributed by atoms with Crippen molar-refractivity contribution in [2.24, 2.45) is 11.8 Å². The molecule has 0 N–H and O–H groups in total. The number of ether oxygens (including phenoxy) is 12. The zero-order valence-electron chi connectivity index (χ0n) is 78.4. The van der Waals surface area contributed by atoms with Crippen molar-refractivity contribution in [1.29, 1.82) is 0 Å². The van der Waals surface area contributed by atoms with Crippen molar-refractivity contribution in [3.63, 3.8) is 0 Å². The quantitative estimate of drug-likeness (QED) is 0.0357. The van der Waals surface area contributed by atoms with E-state index in [1.807, 2.05) is 48.5 Å². The van der Waals surface area contributed by atoms with Crippen LogP contribution in [0.3, 0.4) is 0 Å². The molecule has 4 unspecified atom stereocenters. The van der Waals surface area contributed by atoms with E-state index >= 15 is 0 Å². The molecular formula is C106H148O24. The summed E-state index contributed by atoms with van der Waals surface area (Å²) in [4.78, 5) is 92.6. The Labute approximate surface area is 771 Å². The Morgan fingerprint density at radius 3 is 0.762 bits per heavy atom. The van der Waals surface area contributed by atoms with Gasteiger partial charge in [0, 0.05) is 84.9 Å². The molecule has 12 aliphatic rings. The molecule has 4 aromatic rings. The minimum Gasteiger partial charge on any atom is -0.465 e. The van der Waals surface area contributed by atoms with Crippen LogP contribution < -0.4 is 0 Å². The van der Waals surface area contributed by atoms with Gasteiger partial charge in [0.25, 0.3) is 0 Å². The summed E-state index contributed by atoms with van der Waals surface area (Å²) in [5.41, 5.74) is -1.67. The van der Waals surface area contributed by atoms with E-state index in [-0.39, 0.29) is 82.4 Å². The predicted molar refractivity (Wildman–Crippen MR) is 492 cm³/mol. The maximum absolute atomic E-state index is 11.8. The molecule has 8 heterocycles. The summed E-state index contributed by atoms with van der Waals surface area (Å²) < 4.78 is 89.1. The van der Waals surface area contributed by atoms with Crippen LogP contribution in [0.1, 0.15) is 333 Å². The summed E-state index contributed by atoms with van der Waals surface area (Å²) in [6.45, 7) is 39.8. The van der Waals surface area contributed by atoms with E-state index in [0.717, 1.165) is 307 Å². The molecule has 4 aliphatic heterocycles. The zero-order chi connectivity index (χ0) is 93.5. The molecule has 0 bridgehead atoms. The number of carbonyl (C=O) groups excluding carboxylic acids is 8. The largest absolute Gasteiger partial charge is 0.465 e. The van der Waals surface area contributed by atoms with Gasteiger partial charge in [0.05, 0.1) is 50.5 Å². The van der Waals surface area contributed by atoms with E-state index in [4.69, 9.17) is 74.5 Å². The third kappa shape index (κ3) is 29.3.